The smallest absolute Gasteiger partial charge is 0.229 e. The number of nitrogens with one attached hydrogen (secondary N) is 2. The first-order valence-electron chi connectivity index (χ1n) is 7.74. The Balaban J connectivity index is 1.77. The van der Waals surface area contributed by atoms with Gasteiger partial charge in [0, 0.05) is 24.9 Å². The molecule has 4 rings (SSSR count). The fraction of sp³-hybridized carbons (Fsp3) is 0.0556. The van der Waals surface area contributed by atoms with Gasteiger partial charge in [0.15, 0.2) is 0 Å². The second kappa shape index (κ2) is 6.68. The Morgan fingerprint density at radius 2 is 2.04 bits per heavy atom. The van der Waals surface area contributed by atoms with Crippen molar-refractivity contribution in [3.63, 3.8) is 0 Å². The molecule has 5 nitrogen and oxygen atoms in total. The average molecular weight is 372 g/mol. The molecule has 0 amide bonds. The van der Waals surface area contributed by atoms with Crippen LogP contribution in [0.1, 0.15) is 11.3 Å². The Morgan fingerprint density at radius 3 is 2.81 bits per heavy atom. The van der Waals surface area contributed by atoms with Gasteiger partial charge in [0.25, 0.3) is 0 Å². The summed E-state index contributed by atoms with van der Waals surface area (Å²) in [6.45, 7) is 0. The van der Waals surface area contributed by atoms with Crippen LogP contribution in [0.4, 0.5) is 20.4 Å². The van der Waals surface area contributed by atoms with E-state index >= 15 is 0 Å². The van der Waals surface area contributed by atoms with E-state index in [1.807, 2.05) is 6.07 Å². The molecular weight excluding hydrogens is 360 g/mol. The highest BCUT2D eigenvalue weighted by molar-refractivity contribution is 6.35. The molecule has 0 bridgehead atoms. The molecule has 4 aromatic rings. The minimum Gasteiger partial charge on any atom is -0.344 e. The molecule has 0 atom stereocenters. The first kappa shape index (κ1) is 16.4. The van der Waals surface area contributed by atoms with Crippen LogP contribution in [0, 0.1) is 11.6 Å². The lowest BCUT2D eigenvalue weighted by Crippen LogP contribution is -2.03. The highest BCUT2D eigenvalue weighted by atomic mass is 35.5. The van der Waals surface area contributed by atoms with Crippen molar-refractivity contribution in [1.29, 1.82) is 0 Å². The van der Waals surface area contributed by atoms with Gasteiger partial charge in [-0.05, 0) is 23.8 Å². The molecule has 8 heteroatoms. The predicted octanol–water partition coefficient (Wildman–Crippen LogP) is 4.62. The maximum Gasteiger partial charge on any atom is 0.229 e. The number of H-pyrrole nitrogens is 1. The van der Waals surface area contributed by atoms with Gasteiger partial charge in [0.2, 0.25) is 5.95 Å². The second-order valence-electron chi connectivity index (χ2n) is 5.63. The molecular formula is C18H12ClF2N5. The molecule has 0 fully saturated rings. The number of hydrogen-bond donors (Lipinski definition) is 2. The van der Waals surface area contributed by atoms with Crippen LogP contribution in [-0.4, -0.2) is 19.9 Å². The van der Waals surface area contributed by atoms with E-state index < -0.39 is 11.6 Å². The number of aromatic nitrogens is 4. The van der Waals surface area contributed by atoms with E-state index in [0.29, 0.717) is 38.9 Å². The highest BCUT2D eigenvalue weighted by Crippen LogP contribution is 2.28. The Bertz CT molecular complexity index is 1080. The van der Waals surface area contributed by atoms with Crippen LogP contribution < -0.4 is 5.32 Å². The van der Waals surface area contributed by atoms with E-state index in [0.717, 1.165) is 6.07 Å². The number of anilines is 2. The van der Waals surface area contributed by atoms with E-state index in [2.05, 4.69) is 25.3 Å². The maximum atomic E-state index is 14.1. The lowest BCUT2D eigenvalue weighted by molar-refractivity contribution is 0.574. The summed E-state index contributed by atoms with van der Waals surface area (Å²) in [7, 11) is 0. The molecule has 130 valence electrons. The number of rotatable bonds is 4. The van der Waals surface area contributed by atoms with Gasteiger partial charge in [-0.25, -0.2) is 13.8 Å². The van der Waals surface area contributed by atoms with Gasteiger partial charge >= 0.3 is 0 Å². The summed E-state index contributed by atoms with van der Waals surface area (Å²) in [5.41, 5.74) is 2.08. The van der Waals surface area contributed by atoms with Crippen molar-refractivity contribution in [3.05, 3.63) is 76.8 Å². The van der Waals surface area contributed by atoms with Gasteiger partial charge < -0.3 is 10.3 Å². The Morgan fingerprint density at radius 1 is 1.15 bits per heavy atom. The third-order valence-electron chi connectivity index (χ3n) is 3.85. The zero-order valence-electron chi connectivity index (χ0n) is 13.3. The van der Waals surface area contributed by atoms with Gasteiger partial charge in [0.1, 0.15) is 17.3 Å². The standard InChI is InChI=1S/C18H12ClF2N5/c19-13-9-23-17-16(13)15(6-10-3-4-11(20)7-14(10)21)25-18(26-17)24-12-2-1-5-22-8-12/h1-5,7-9H,6H2,(H2,23,24,25,26). The summed E-state index contributed by atoms with van der Waals surface area (Å²) < 4.78 is 27.2. The minimum absolute atomic E-state index is 0.143. The van der Waals surface area contributed by atoms with Crippen LogP contribution in [-0.2, 0) is 6.42 Å². The average Bonchev–Trinajstić information content (AvgIpc) is 2.99. The zero-order chi connectivity index (χ0) is 18.1. The van der Waals surface area contributed by atoms with Crippen LogP contribution in [0.15, 0.2) is 48.9 Å². The van der Waals surface area contributed by atoms with Crippen LogP contribution in [0.2, 0.25) is 5.02 Å². The van der Waals surface area contributed by atoms with Gasteiger partial charge in [0.05, 0.1) is 28.0 Å². The first-order valence-corrected chi connectivity index (χ1v) is 8.12. The molecule has 0 aliphatic rings. The molecule has 0 aliphatic heterocycles. The highest BCUT2D eigenvalue weighted by Gasteiger charge is 2.15. The molecule has 0 radical (unpaired) electrons. The van der Waals surface area contributed by atoms with Crippen molar-refractivity contribution in [2.24, 2.45) is 0 Å². The van der Waals surface area contributed by atoms with Gasteiger partial charge in [-0.15, -0.1) is 0 Å². The third-order valence-corrected chi connectivity index (χ3v) is 4.15. The zero-order valence-corrected chi connectivity index (χ0v) is 14.1. The predicted molar refractivity (Wildman–Crippen MR) is 95.6 cm³/mol. The molecule has 1 aromatic carbocycles. The van der Waals surface area contributed by atoms with Crippen molar-refractivity contribution < 1.29 is 8.78 Å². The number of halogens is 3. The second-order valence-corrected chi connectivity index (χ2v) is 6.04. The van der Waals surface area contributed by atoms with Crippen LogP contribution in [0.3, 0.4) is 0 Å². The summed E-state index contributed by atoms with van der Waals surface area (Å²) in [4.78, 5) is 15.9. The van der Waals surface area contributed by atoms with E-state index in [1.165, 1.54) is 12.1 Å². The molecule has 0 saturated heterocycles. The summed E-state index contributed by atoms with van der Waals surface area (Å²) in [5, 5.41) is 4.09. The number of benzene rings is 1. The van der Waals surface area contributed by atoms with E-state index in [1.54, 1.807) is 24.7 Å². The van der Waals surface area contributed by atoms with Crippen LogP contribution >= 0.6 is 11.6 Å². The minimum atomic E-state index is -0.634. The van der Waals surface area contributed by atoms with Crippen molar-refractivity contribution in [2.45, 2.75) is 6.42 Å². The Hall–Kier alpha value is -3.06. The number of aromatic amines is 1. The van der Waals surface area contributed by atoms with Crippen molar-refractivity contribution in [1.82, 2.24) is 19.9 Å². The maximum absolute atomic E-state index is 14.1. The quantitative estimate of drug-likeness (QED) is 0.549. The van der Waals surface area contributed by atoms with E-state index in [4.69, 9.17) is 11.6 Å². The van der Waals surface area contributed by atoms with Gasteiger partial charge in [-0.1, -0.05) is 17.7 Å². The van der Waals surface area contributed by atoms with Crippen LogP contribution in [0.25, 0.3) is 11.0 Å². The summed E-state index contributed by atoms with van der Waals surface area (Å²) in [6, 6.07) is 7.06. The topological polar surface area (TPSA) is 66.5 Å². The van der Waals surface area contributed by atoms with Crippen molar-refractivity contribution in [3.8, 4) is 0 Å². The molecule has 0 unspecified atom stereocenters. The number of hydrogen-bond acceptors (Lipinski definition) is 4. The first-order chi connectivity index (χ1) is 12.6. The molecule has 0 saturated carbocycles. The summed E-state index contributed by atoms with van der Waals surface area (Å²) in [5.74, 6) is -0.940. The third kappa shape index (κ3) is 3.21. The fourth-order valence-electron chi connectivity index (χ4n) is 2.66. The lowest BCUT2D eigenvalue weighted by Gasteiger charge is -2.09. The van der Waals surface area contributed by atoms with Crippen molar-refractivity contribution >= 4 is 34.3 Å². The molecule has 26 heavy (non-hydrogen) atoms. The summed E-state index contributed by atoms with van der Waals surface area (Å²) >= 11 is 6.23. The van der Waals surface area contributed by atoms with Crippen molar-refractivity contribution in [2.75, 3.05) is 5.32 Å². The Kier molecular flexibility index (Phi) is 4.22. The summed E-state index contributed by atoms with van der Waals surface area (Å²) in [6.07, 6.45) is 5.03. The number of nitrogens with zero attached hydrogens (tertiary/aromatic N) is 3. The molecule has 3 heterocycles. The lowest BCUT2D eigenvalue weighted by atomic mass is 10.1. The number of fused-ring (bicyclic) bond motifs is 1. The molecule has 2 N–H and O–H groups in total. The monoisotopic (exact) mass is 371 g/mol. The number of pyridine rings is 1. The normalized spacial score (nSPS) is 11.0. The fourth-order valence-corrected chi connectivity index (χ4v) is 2.91. The SMILES string of the molecule is Fc1ccc(Cc2nc(Nc3cccnc3)nc3[nH]cc(Cl)c23)c(F)c1. The van der Waals surface area contributed by atoms with Gasteiger partial charge in [-0.2, -0.15) is 4.98 Å². The van der Waals surface area contributed by atoms with E-state index in [-0.39, 0.29) is 6.42 Å². The van der Waals surface area contributed by atoms with E-state index in [9.17, 15) is 8.78 Å². The molecule has 3 aromatic heterocycles. The van der Waals surface area contributed by atoms with Gasteiger partial charge in [-0.3, -0.25) is 4.98 Å². The molecule has 0 aliphatic carbocycles. The van der Waals surface area contributed by atoms with Crippen LogP contribution in [0.5, 0.6) is 0 Å². The largest absolute Gasteiger partial charge is 0.344 e. The molecule has 0 spiro atoms. The Labute approximate surface area is 152 Å².